The number of benzene rings is 1. The number of hydrogen-bond donors (Lipinski definition) is 1. The maximum absolute atomic E-state index is 10.7. The van der Waals surface area contributed by atoms with Crippen LogP contribution in [0.15, 0.2) is 18.2 Å². The molecule has 1 unspecified atom stereocenters. The summed E-state index contributed by atoms with van der Waals surface area (Å²) in [6.07, 6.45) is 0.0514. The van der Waals surface area contributed by atoms with Gasteiger partial charge in [-0.2, -0.15) is 5.26 Å². The number of rotatable bonds is 4. The smallest absolute Gasteiger partial charge is 0.270 e. The van der Waals surface area contributed by atoms with Crippen LogP contribution in [0.4, 0.5) is 11.4 Å². The van der Waals surface area contributed by atoms with Crippen molar-refractivity contribution in [2.24, 2.45) is 0 Å². The van der Waals surface area contributed by atoms with Gasteiger partial charge in [-0.15, -0.1) is 0 Å². The SMILES string of the molecule is CN(CC1CNCCO1)c1ccc([N+](=O)[O-])cc1C#N. The molecule has 1 atom stereocenters. The molecule has 0 spiro atoms. The highest BCUT2D eigenvalue weighted by Crippen LogP contribution is 2.24. The summed E-state index contributed by atoms with van der Waals surface area (Å²) in [7, 11) is 1.85. The quantitative estimate of drug-likeness (QED) is 0.648. The summed E-state index contributed by atoms with van der Waals surface area (Å²) in [6.45, 7) is 2.91. The second-order valence-corrected chi connectivity index (χ2v) is 4.65. The van der Waals surface area contributed by atoms with E-state index in [1.54, 1.807) is 6.07 Å². The second kappa shape index (κ2) is 6.32. The molecular formula is C13H16N4O3. The Bertz CT molecular complexity index is 535. The molecule has 7 nitrogen and oxygen atoms in total. The van der Waals surface area contributed by atoms with E-state index in [9.17, 15) is 10.1 Å². The molecule has 1 aromatic rings. The highest BCUT2D eigenvalue weighted by molar-refractivity contribution is 5.62. The van der Waals surface area contributed by atoms with E-state index in [2.05, 4.69) is 5.32 Å². The molecule has 0 amide bonds. The standard InChI is InChI=1S/C13H16N4O3/c1-16(9-12-8-15-4-5-20-12)13-3-2-11(17(18)19)6-10(13)7-14/h2-3,6,12,15H,4-5,8-9H2,1H3. The van der Waals surface area contributed by atoms with Gasteiger partial charge in [-0.25, -0.2) is 0 Å². The molecule has 1 fully saturated rings. The minimum absolute atomic E-state index is 0.0514. The molecule has 2 rings (SSSR count). The third kappa shape index (κ3) is 3.23. The molecule has 106 valence electrons. The molecule has 0 radical (unpaired) electrons. The zero-order valence-electron chi connectivity index (χ0n) is 11.2. The van der Waals surface area contributed by atoms with Gasteiger partial charge in [0.15, 0.2) is 0 Å². The Balaban J connectivity index is 2.14. The van der Waals surface area contributed by atoms with E-state index in [1.165, 1.54) is 12.1 Å². The molecule has 20 heavy (non-hydrogen) atoms. The Morgan fingerprint density at radius 2 is 2.45 bits per heavy atom. The lowest BCUT2D eigenvalue weighted by atomic mass is 10.1. The van der Waals surface area contributed by atoms with Crippen LogP contribution in [0.2, 0.25) is 0 Å². The first-order chi connectivity index (χ1) is 9.61. The number of nitrogens with one attached hydrogen (secondary N) is 1. The summed E-state index contributed by atoms with van der Waals surface area (Å²) in [4.78, 5) is 12.1. The van der Waals surface area contributed by atoms with Crippen molar-refractivity contribution in [2.75, 3.05) is 38.2 Å². The topological polar surface area (TPSA) is 91.4 Å². The Morgan fingerprint density at radius 1 is 1.65 bits per heavy atom. The van der Waals surface area contributed by atoms with Crippen LogP contribution >= 0.6 is 0 Å². The maximum Gasteiger partial charge on any atom is 0.270 e. The molecule has 0 aromatic heterocycles. The number of nitrogens with zero attached hydrogens (tertiary/aromatic N) is 3. The van der Waals surface area contributed by atoms with Crippen molar-refractivity contribution in [1.29, 1.82) is 5.26 Å². The van der Waals surface area contributed by atoms with Crippen molar-refractivity contribution in [1.82, 2.24) is 5.32 Å². The van der Waals surface area contributed by atoms with E-state index in [1.807, 2.05) is 18.0 Å². The van der Waals surface area contributed by atoms with Crippen molar-refractivity contribution in [3.8, 4) is 6.07 Å². The monoisotopic (exact) mass is 276 g/mol. The highest BCUT2D eigenvalue weighted by Gasteiger charge is 2.18. The van der Waals surface area contributed by atoms with Gasteiger partial charge in [0.2, 0.25) is 0 Å². The molecule has 0 saturated carbocycles. The van der Waals surface area contributed by atoms with E-state index < -0.39 is 4.92 Å². The number of nitro benzene ring substituents is 1. The maximum atomic E-state index is 10.7. The van der Waals surface area contributed by atoms with Gasteiger partial charge in [0.1, 0.15) is 6.07 Å². The van der Waals surface area contributed by atoms with E-state index in [0.29, 0.717) is 24.4 Å². The van der Waals surface area contributed by atoms with Crippen LogP contribution in [0.5, 0.6) is 0 Å². The van der Waals surface area contributed by atoms with Gasteiger partial charge in [-0.1, -0.05) is 0 Å². The van der Waals surface area contributed by atoms with Gasteiger partial charge in [0.05, 0.1) is 28.9 Å². The van der Waals surface area contributed by atoms with E-state index in [-0.39, 0.29) is 11.8 Å². The summed E-state index contributed by atoms with van der Waals surface area (Å²) in [5.41, 5.74) is 0.895. The van der Waals surface area contributed by atoms with Crippen LogP contribution in [0.3, 0.4) is 0 Å². The highest BCUT2D eigenvalue weighted by atomic mass is 16.6. The molecule has 1 saturated heterocycles. The van der Waals surface area contributed by atoms with Gasteiger partial charge in [0, 0.05) is 38.8 Å². The average Bonchev–Trinajstić information content (AvgIpc) is 2.47. The zero-order valence-corrected chi connectivity index (χ0v) is 11.2. The third-order valence-electron chi connectivity index (χ3n) is 3.20. The third-order valence-corrected chi connectivity index (χ3v) is 3.20. The van der Waals surface area contributed by atoms with Crippen LogP contribution in [0.25, 0.3) is 0 Å². The number of ether oxygens (including phenoxy) is 1. The fourth-order valence-corrected chi connectivity index (χ4v) is 2.20. The van der Waals surface area contributed by atoms with Gasteiger partial charge in [-0.05, 0) is 6.07 Å². The average molecular weight is 276 g/mol. The number of hydrogen-bond acceptors (Lipinski definition) is 6. The Hall–Kier alpha value is -2.17. The van der Waals surface area contributed by atoms with Crippen molar-refractivity contribution in [3.63, 3.8) is 0 Å². The Morgan fingerprint density at radius 3 is 3.05 bits per heavy atom. The van der Waals surface area contributed by atoms with E-state index in [4.69, 9.17) is 10.00 Å². The number of nitro groups is 1. The zero-order chi connectivity index (χ0) is 14.5. The number of non-ortho nitro benzene ring substituents is 1. The fraction of sp³-hybridized carbons (Fsp3) is 0.462. The minimum Gasteiger partial charge on any atom is -0.374 e. The molecule has 1 aliphatic rings. The van der Waals surface area contributed by atoms with Crippen molar-refractivity contribution < 1.29 is 9.66 Å². The summed E-state index contributed by atoms with van der Waals surface area (Å²) in [5.74, 6) is 0. The molecule has 1 N–H and O–H groups in total. The van der Waals surface area contributed by atoms with Gasteiger partial charge >= 0.3 is 0 Å². The van der Waals surface area contributed by atoms with Crippen LogP contribution in [-0.2, 0) is 4.74 Å². The summed E-state index contributed by atoms with van der Waals surface area (Å²) < 4.78 is 5.61. The molecule has 0 aliphatic carbocycles. The first-order valence-corrected chi connectivity index (χ1v) is 6.34. The van der Waals surface area contributed by atoms with Crippen LogP contribution < -0.4 is 10.2 Å². The molecular weight excluding hydrogens is 260 g/mol. The van der Waals surface area contributed by atoms with Crippen molar-refractivity contribution >= 4 is 11.4 Å². The predicted octanol–water partition coefficient (Wildman–Crippen LogP) is 0.891. The van der Waals surface area contributed by atoms with Crippen molar-refractivity contribution in [3.05, 3.63) is 33.9 Å². The normalized spacial score (nSPS) is 18.3. The molecule has 1 heterocycles. The largest absolute Gasteiger partial charge is 0.374 e. The molecule has 0 bridgehead atoms. The van der Waals surface area contributed by atoms with Crippen LogP contribution in [0, 0.1) is 21.4 Å². The van der Waals surface area contributed by atoms with Crippen molar-refractivity contribution in [2.45, 2.75) is 6.10 Å². The summed E-state index contributed by atoms with van der Waals surface area (Å²) >= 11 is 0. The Labute approximate surface area is 116 Å². The number of morpholine rings is 1. The van der Waals surface area contributed by atoms with Crippen LogP contribution in [-0.4, -0.2) is 44.3 Å². The lowest BCUT2D eigenvalue weighted by Crippen LogP contribution is -2.44. The molecule has 1 aliphatic heterocycles. The Kier molecular flexibility index (Phi) is 4.50. The van der Waals surface area contributed by atoms with Gasteiger partial charge in [-0.3, -0.25) is 10.1 Å². The minimum atomic E-state index is -0.501. The first kappa shape index (κ1) is 14.2. The lowest BCUT2D eigenvalue weighted by molar-refractivity contribution is -0.384. The summed E-state index contributed by atoms with van der Waals surface area (Å²) in [6, 6.07) is 6.32. The van der Waals surface area contributed by atoms with E-state index in [0.717, 1.165) is 13.1 Å². The first-order valence-electron chi connectivity index (χ1n) is 6.34. The lowest BCUT2D eigenvalue weighted by Gasteiger charge is -2.29. The van der Waals surface area contributed by atoms with Gasteiger partial charge in [0.25, 0.3) is 5.69 Å². The van der Waals surface area contributed by atoms with E-state index >= 15 is 0 Å². The molecule has 7 heteroatoms. The number of nitriles is 1. The molecule has 1 aromatic carbocycles. The number of likely N-dealkylation sites (N-methyl/N-ethyl adjacent to an activating group) is 1. The number of anilines is 1. The summed E-state index contributed by atoms with van der Waals surface area (Å²) in [5, 5.41) is 23.1. The second-order valence-electron chi connectivity index (χ2n) is 4.65. The van der Waals surface area contributed by atoms with Crippen LogP contribution in [0.1, 0.15) is 5.56 Å². The fourth-order valence-electron chi connectivity index (χ4n) is 2.20. The predicted molar refractivity (Wildman–Crippen MR) is 73.7 cm³/mol. The van der Waals surface area contributed by atoms with Gasteiger partial charge < -0.3 is 15.0 Å².